The molecule has 0 aliphatic carbocycles. The van der Waals surface area contributed by atoms with E-state index < -0.39 is 62.9 Å². The Morgan fingerprint density at radius 1 is 0.584 bits per heavy atom. The van der Waals surface area contributed by atoms with Crippen molar-refractivity contribution in [3.8, 4) is 35.0 Å². The number of aromatic nitrogens is 8. The molecule has 0 saturated carbocycles. The zero-order valence-electron chi connectivity index (χ0n) is 44.7. The van der Waals surface area contributed by atoms with E-state index in [0.29, 0.717) is 32.3 Å². The number of fused-ring (bicyclic) bond motifs is 2. The first kappa shape index (κ1) is 63.6. The van der Waals surface area contributed by atoms with Gasteiger partial charge in [0.2, 0.25) is 0 Å². The largest absolute Gasteiger partial charge is 0.573 e. The molecule has 4 heterocycles. The first-order valence-corrected chi connectivity index (χ1v) is 32.3. The van der Waals surface area contributed by atoms with E-state index in [-0.39, 0.29) is 72.5 Å². The van der Waals surface area contributed by atoms with E-state index in [9.17, 15) is 45.5 Å². The van der Waals surface area contributed by atoms with Gasteiger partial charge in [-0.05, 0) is 49.2 Å². The molecule has 4 aromatic heterocycles. The van der Waals surface area contributed by atoms with E-state index in [1.807, 2.05) is 6.92 Å². The molecule has 0 amide bonds. The summed E-state index contributed by atoms with van der Waals surface area (Å²) in [5.41, 5.74) is -2.34. The first-order chi connectivity index (χ1) is 36.1. The van der Waals surface area contributed by atoms with Gasteiger partial charge >= 0.3 is 36.1 Å². The van der Waals surface area contributed by atoms with E-state index in [1.165, 1.54) is 52.1 Å². The average Bonchev–Trinajstić information content (AvgIpc) is 3.87. The van der Waals surface area contributed by atoms with Crippen molar-refractivity contribution < 1.29 is 64.2 Å². The number of hydrogen-bond donors (Lipinski definition) is 1. The lowest BCUT2D eigenvalue weighted by molar-refractivity contribution is -0.275. The van der Waals surface area contributed by atoms with Gasteiger partial charge in [0.05, 0.1) is 19.8 Å². The fraction of sp³-hybridized carbons (Fsp3) is 0.542. The maximum atomic E-state index is 13.4. The summed E-state index contributed by atoms with van der Waals surface area (Å²) >= 11 is 5.31. The normalized spacial score (nSPS) is 12.1. The van der Waals surface area contributed by atoms with Gasteiger partial charge in [-0.3, -0.25) is 37.4 Å². The van der Waals surface area contributed by atoms with Gasteiger partial charge in [0.15, 0.2) is 22.3 Å². The minimum Gasteiger partial charge on any atom is -0.425 e. The number of benzene rings is 2. The second-order valence-electron chi connectivity index (χ2n) is 19.5. The minimum atomic E-state index is -4.87. The standard InChI is InChI=1S/C24H33F3N4O6Si.C19H23F3N4O5Si.C5H11ClO/c1-6-11-34-12-10-30-21(32)19-20(29(2)23(30)33)28-22(31(19)16-35-13-14-38(3,4)5)36-17-8-7-9-18(15-17)37-24(25,26)27;1-25-15-14(16(27)24-17(25)28)26(11-29-8-9-32(2,3)4)18(23-15)30-12-6-5-7-13(10-12)31-19(20,21)22;1-2-4-7-5-3-6/h7-9,15H,6,10-14,16H2,1-5H3;5-7,10H,8-9,11H2,1-4H3,(H,24,27,28);2-5H2,1H3. The van der Waals surface area contributed by atoms with Crippen LogP contribution in [0.1, 0.15) is 26.7 Å². The van der Waals surface area contributed by atoms with Gasteiger partial charge in [0, 0.05) is 74.7 Å². The summed E-state index contributed by atoms with van der Waals surface area (Å²) in [4.78, 5) is 61.5. The lowest BCUT2D eigenvalue weighted by Gasteiger charge is -2.16. The van der Waals surface area contributed by atoms with Crippen LogP contribution in [0.3, 0.4) is 0 Å². The number of nitrogens with one attached hydrogen (secondary N) is 1. The zero-order chi connectivity index (χ0) is 57.3. The monoisotopic (exact) mass is 1150 g/mol. The molecule has 0 saturated heterocycles. The summed E-state index contributed by atoms with van der Waals surface area (Å²) in [6.07, 6.45) is -7.86. The van der Waals surface area contributed by atoms with Crippen molar-refractivity contribution >= 4 is 50.1 Å². The predicted octanol–water partition coefficient (Wildman–Crippen LogP) is 9.40. The number of aromatic amines is 1. The fourth-order valence-corrected chi connectivity index (χ4v) is 8.23. The number of ether oxygens (including phenoxy) is 8. The van der Waals surface area contributed by atoms with Crippen molar-refractivity contribution in [2.24, 2.45) is 14.1 Å². The molecule has 20 nitrogen and oxygen atoms in total. The van der Waals surface area contributed by atoms with Crippen LogP contribution in [0.25, 0.3) is 22.3 Å². The van der Waals surface area contributed by atoms with Crippen LogP contribution in [0, 0.1) is 0 Å². The topological polar surface area (TPSA) is 208 Å². The average molecular weight is 1150 g/mol. The summed E-state index contributed by atoms with van der Waals surface area (Å²) in [5.74, 6) is -0.365. The number of aryl methyl sites for hydroxylation is 2. The molecule has 0 aliphatic heterocycles. The molecule has 0 fully saturated rings. The smallest absolute Gasteiger partial charge is 0.425 e. The number of H-pyrrole nitrogens is 1. The van der Waals surface area contributed by atoms with Crippen LogP contribution < -0.4 is 41.4 Å². The van der Waals surface area contributed by atoms with Crippen LogP contribution in [0.4, 0.5) is 26.3 Å². The third-order valence-electron chi connectivity index (χ3n) is 10.5. The molecule has 29 heteroatoms. The maximum Gasteiger partial charge on any atom is 0.573 e. The number of imidazole rings is 2. The molecule has 0 spiro atoms. The third-order valence-corrected chi connectivity index (χ3v) is 14.0. The number of hydrogen-bond acceptors (Lipinski definition) is 14. The van der Waals surface area contributed by atoms with Gasteiger partial charge in [-0.25, -0.2) is 9.59 Å². The van der Waals surface area contributed by atoms with Crippen LogP contribution in [0.5, 0.6) is 35.0 Å². The Morgan fingerprint density at radius 3 is 1.47 bits per heavy atom. The van der Waals surface area contributed by atoms with Crippen LogP contribution in [-0.4, -0.2) is 112 Å². The Bertz CT molecular complexity index is 3090. The Hall–Kier alpha value is -5.92. The SMILES string of the molecule is CCCOCCCl.CCCOCCn1c(=O)c2c(nc(Oc3cccc(OC(F)(F)F)c3)n2COCC[Si](C)(C)C)n(C)c1=O.Cn1c(=O)[nH]c(=O)c2c1nc(Oc1cccc(OC(F)(F)F)c1)n2COCC[Si](C)(C)C. The second kappa shape index (κ2) is 28.6. The molecule has 0 radical (unpaired) electrons. The van der Waals surface area contributed by atoms with Crippen LogP contribution in [-0.2, 0) is 53.0 Å². The van der Waals surface area contributed by atoms with E-state index >= 15 is 0 Å². The van der Waals surface area contributed by atoms with E-state index in [1.54, 1.807) is 0 Å². The minimum absolute atomic E-state index is 0.00756. The molecule has 6 aromatic rings. The molecule has 0 bridgehead atoms. The first-order valence-electron chi connectivity index (χ1n) is 24.4. The highest BCUT2D eigenvalue weighted by Crippen LogP contribution is 2.32. The molecule has 0 aliphatic rings. The zero-order valence-corrected chi connectivity index (χ0v) is 47.4. The molecular formula is C48H67ClF6N8O12Si2. The van der Waals surface area contributed by atoms with Crippen molar-refractivity contribution in [3.63, 3.8) is 0 Å². The third kappa shape index (κ3) is 20.4. The van der Waals surface area contributed by atoms with Crippen LogP contribution >= 0.6 is 11.6 Å². The lowest BCUT2D eigenvalue weighted by Crippen LogP contribution is -2.40. The fourth-order valence-electron chi connectivity index (χ4n) is 6.61. The summed E-state index contributed by atoms with van der Waals surface area (Å²) in [6, 6.07) is 11.3. The Labute approximate surface area is 446 Å². The van der Waals surface area contributed by atoms with E-state index in [4.69, 9.17) is 40.0 Å². The number of halogens is 7. The van der Waals surface area contributed by atoms with Gasteiger partial charge in [0.1, 0.15) is 36.5 Å². The molecule has 6 rings (SSSR count). The molecule has 428 valence electrons. The highest BCUT2D eigenvalue weighted by molar-refractivity contribution is 6.76. The summed E-state index contributed by atoms with van der Waals surface area (Å²) in [5, 5.41) is 0. The van der Waals surface area contributed by atoms with Crippen molar-refractivity contribution in [1.29, 1.82) is 0 Å². The Kier molecular flexibility index (Phi) is 23.7. The highest BCUT2D eigenvalue weighted by Gasteiger charge is 2.32. The Balaban J connectivity index is 0.000000299. The molecule has 1 N–H and O–H groups in total. The number of alkyl halides is 7. The van der Waals surface area contributed by atoms with Gasteiger partial charge in [-0.2, -0.15) is 9.97 Å². The van der Waals surface area contributed by atoms with E-state index in [0.717, 1.165) is 64.9 Å². The highest BCUT2D eigenvalue weighted by atomic mass is 35.5. The van der Waals surface area contributed by atoms with Crippen LogP contribution in [0.2, 0.25) is 51.4 Å². The second-order valence-corrected chi connectivity index (χ2v) is 31.1. The predicted molar refractivity (Wildman–Crippen MR) is 282 cm³/mol. The van der Waals surface area contributed by atoms with Gasteiger partial charge < -0.3 is 37.9 Å². The van der Waals surface area contributed by atoms with Crippen LogP contribution in [0.15, 0.2) is 67.7 Å². The maximum absolute atomic E-state index is 13.4. The summed E-state index contributed by atoms with van der Waals surface area (Å²) < 4.78 is 123. The van der Waals surface area contributed by atoms with Gasteiger partial charge in [-0.15, -0.1) is 37.9 Å². The Morgan fingerprint density at radius 2 is 1.03 bits per heavy atom. The lowest BCUT2D eigenvalue weighted by atomic mass is 10.3. The van der Waals surface area contributed by atoms with Crippen molar-refractivity contribution in [2.45, 2.75) is 111 Å². The number of rotatable bonds is 25. The molecule has 0 unspecified atom stereocenters. The molecule has 2 aromatic carbocycles. The van der Waals surface area contributed by atoms with E-state index in [2.05, 4.69) is 70.6 Å². The summed E-state index contributed by atoms with van der Waals surface area (Å²) in [7, 11) is 0.128. The van der Waals surface area contributed by atoms with Crippen molar-refractivity contribution in [3.05, 3.63) is 90.2 Å². The summed E-state index contributed by atoms with van der Waals surface area (Å²) in [6.45, 7) is 20.1. The molecule has 77 heavy (non-hydrogen) atoms. The number of nitrogens with zero attached hydrogens (tertiary/aromatic N) is 7. The molecule has 0 atom stereocenters. The van der Waals surface area contributed by atoms with Crippen molar-refractivity contribution in [1.82, 2.24) is 37.8 Å². The van der Waals surface area contributed by atoms with Crippen molar-refractivity contribution in [2.75, 3.05) is 45.5 Å². The van der Waals surface area contributed by atoms with Gasteiger partial charge in [0.25, 0.3) is 11.1 Å². The molecular weight excluding hydrogens is 1090 g/mol. The quantitative estimate of drug-likeness (QED) is 0.0245. The van der Waals surface area contributed by atoms with Gasteiger partial charge in [-0.1, -0.05) is 65.3 Å².